The largest absolute Gasteiger partial charge is 0.375 e. The predicted octanol–water partition coefficient (Wildman–Crippen LogP) is 1.72. The van der Waals surface area contributed by atoms with E-state index >= 15 is 0 Å². The van der Waals surface area contributed by atoms with E-state index in [0.717, 1.165) is 11.3 Å². The van der Waals surface area contributed by atoms with Crippen molar-refractivity contribution >= 4 is 17.6 Å². The molecule has 11 heteroatoms. The summed E-state index contributed by atoms with van der Waals surface area (Å²) < 4.78 is 5.71. The van der Waals surface area contributed by atoms with Gasteiger partial charge in [-0.15, -0.1) is 0 Å². The molecule has 1 amide bonds. The van der Waals surface area contributed by atoms with E-state index in [9.17, 15) is 25.0 Å². The summed E-state index contributed by atoms with van der Waals surface area (Å²) in [5.74, 6) is -0.635. The molecule has 0 aliphatic carbocycles. The lowest BCUT2D eigenvalue weighted by Gasteiger charge is -2.22. The standard InChI is InChI=1S/C17H21N5O6/c1-17(2)9-12(11-28-17)10-19-7-8-20(16(19)18-22(26)27)15(23)13-5-3-4-6-14(13)21(24)25/h3-6,12H,7-11H2,1-2H3. The van der Waals surface area contributed by atoms with E-state index in [1.165, 1.54) is 24.3 Å². The number of guanidine groups is 1. The number of rotatable bonds is 5. The Balaban J connectivity index is 1.84. The Morgan fingerprint density at radius 3 is 2.61 bits per heavy atom. The van der Waals surface area contributed by atoms with Gasteiger partial charge in [0.15, 0.2) is 5.03 Å². The molecular weight excluding hydrogens is 370 g/mol. The van der Waals surface area contributed by atoms with Crippen LogP contribution in [0.3, 0.4) is 0 Å². The molecule has 0 saturated carbocycles. The van der Waals surface area contributed by atoms with Crippen LogP contribution in [-0.4, -0.2) is 63.5 Å². The molecule has 0 N–H and O–H groups in total. The van der Waals surface area contributed by atoms with Gasteiger partial charge < -0.3 is 9.64 Å². The molecule has 1 aromatic carbocycles. The molecule has 28 heavy (non-hydrogen) atoms. The zero-order valence-electron chi connectivity index (χ0n) is 15.6. The van der Waals surface area contributed by atoms with Gasteiger partial charge in [-0.25, -0.2) is 10.1 Å². The Labute approximate surface area is 160 Å². The average molecular weight is 391 g/mol. The summed E-state index contributed by atoms with van der Waals surface area (Å²) in [6.07, 6.45) is 0.785. The van der Waals surface area contributed by atoms with Gasteiger partial charge >= 0.3 is 0 Å². The topological polar surface area (TPSA) is 131 Å². The van der Waals surface area contributed by atoms with Crippen molar-refractivity contribution in [2.24, 2.45) is 11.0 Å². The van der Waals surface area contributed by atoms with Crippen LogP contribution in [0.1, 0.15) is 30.6 Å². The molecule has 2 aliphatic rings. The van der Waals surface area contributed by atoms with Crippen molar-refractivity contribution in [3.8, 4) is 0 Å². The number of benzene rings is 1. The molecule has 1 unspecified atom stereocenters. The molecule has 1 aromatic rings. The van der Waals surface area contributed by atoms with Crippen LogP contribution in [0, 0.1) is 26.1 Å². The zero-order chi connectivity index (χ0) is 20.5. The number of hydrogen-bond acceptors (Lipinski definition) is 6. The molecule has 2 heterocycles. The fourth-order valence-corrected chi connectivity index (χ4v) is 3.69. The fraction of sp³-hybridized carbons (Fsp3) is 0.529. The Morgan fingerprint density at radius 1 is 1.29 bits per heavy atom. The molecule has 150 valence electrons. The van der Waals surface area contributed by atoms with Gasteiger partial charge in [-0.3, -0.25) is 19.8 Å². The second-order valence-electron chi connectivity index (χ2n) is 7.46. The number of hydrazone groups is 1. The molecule has 3 rings (SSSR count). The van der Waals surface area contributed by atoms with Crippen LogP contribution in [0.15, 0.2) is 29.4 Å². The number of amides is 1. The number of nitrogens with zero attached hydrogens (tertiary/aromatic N) is 5. The number of ether oxygens (including phenoxy) is 1. The third-order valence-corrected chi connectivity index (χ3v) is 4.83. The predicted molar refractivity (Wildman–Crippen MR) is 98.3 cm³/mol. The highest BCUT2D eigenvalue weighted by Crippen LogP contribution is 2.30. The first kappa shape index (κ1) is 19.7. The van der Waals surface area contributed by atoms with Crippen molar-refractivity contribution in [3.05, 3.63) is 50.1 Å². The summed E-state index contributed by atoms with van der Waals surface area (Å²) in [7, 11) is 0. The van der Waals surface area contributed by atoms with Crippen molar-refractivity contribution in [1.29, 1.82) is 0 Å². The molecule has 2 fully saturated rings. The Bertz CT molecular complexity index is 839. The van der Waals surface area contributed by atoms with Crippen molar-refractivity contribution < 1.29 is 19.5 Å². The van der Waals surface area contributed by atoms with Crippen molar-refractivity contribution in [3.63, 3.8) is 0 Å². The monoisotopic (exact) mass is 391 g/mol. The van der Waals surface area contributed by atoms with E-state index in [0.29, 0.717) is 19.7 Å². The molecule has 1 atom stereocenters. The third-order valence-electron chi connectivity index (χ3n) is 4.83. The molecular formula is C17H21N5O6. The first-order valence-electron chi connectivity index (χ1n) is 8.85. The number of carbonyl (C=O) groups excluding carboxylic acids is 1. The highest BCUT2D eigenvalue weighted by Gasteiger charge is 2.40. The highest BCUT2D eigenvalue weighted by molar-refractivity contribution is 6.08. The van der Waals surface area contributed by atoms with Crippen LogP contribution in [0.5, 0.6) is 0 Å². The minimum Gasteiger partial charge on any atom is -0.375 e. The second-order valence-corrected chi connectivity index (χ2v) is 7.46. The maximum Gasteiger partial charge on any atom is 0.282 e. The van der Waals surface area contributed by atoms with Gasteiger partial charge in [0.2, 0.25) is 0 Å². The van der Waals surface area contributed by atoms with E-state index in [1.807, 2.05) is 13.8 Å². The van der Waals surface area contributed by atoms with Gasteiger partial charge in [0.25, 0.3) is 17.6 Å². The molecule has 0 spiro atoms. The smallest absolute Gasteiger partial charge is 0.282 e. The number of nitro benzene ring substituents is 1. The fourth-order valence-electron chi connectivity index (χ4n) is 3.69. The van der Waals surface area contributed by atoms with Crippen LogP contribution >= 0.6 is 0 Å². The summed E-state index contributed by atoms with van der Waals surface area (Å²) >= 11 is 0. The quantitative estimate of drug-likeness (QED) is 0.551. The minimum atomic E-state index is -0.859. The summed E-state index contributed by atoms with van der Waals surface area (Å²) in [6.45, 7) is 5.45. The molecule has 2 aliphatic heterocycles. The van der Waals surface area contributed by atoms with Crippen molar-refractivity contribution in [2.45, 2.75) is 25.9 Å². The lowest BCUT2D eigenvalue weighted by molar-refractivity contribution is -0.486. The first-order chi connectivity index (χ1) is 13.2. The van der Waals surface area contributed by atoms with Crippen LogP contribution in [0.25, 0.3) is 0 Å². The number of para-hydroxylation sites is 1. The Hall–Kier alpha value is -3.08. The van der Waals surface area contributed by atoms with Gasteiger partial charge in [-0.1, -0.05) is 12.1 Å². The van der Waals surface area contributed by atoms with Gasteiger partial charge in [0.05, 0.1) is 17.1 Å². The molecule has 0 aromatic heterocycles. The van der Waals surface area contributed by atoms with Crippen LogP contribution in [0.2, 0.25) is 0 Å². The van der Waals surface area contributed by atoms with Gasteiger partial charge in [-0.2, -0.15) is 0 Å². The zero-order valence-corrected chi connectivity index (χ0v) is 15.6. The lowest BCUT2D eigenvalue weighted by Crippen LogP contribution is -2.40. The van der Waals surface area contributed by atoms with Crippen molar-refractivity contribution in [1.82, 2.24) is 9.80 Å². The Morgan fingerprint density at radius 2 is 2.00 bits per heavy atom. The number of carbonyl (C=O) groups is 1. The van der Waals surface area contributed by atoms with Crippen LogP contribution < -0.4 is 0 Å². The molecule has 2 saturated heterocycles. The van der Waals surface area contributed by atoms with Gasteiger partial charge in [-0.05, 0) is 26.3 Å². The van der Waals surface area contributed by atoms with E-state index < -0.39 is 15.9 Å². The van der Waals surface area contributed by atoms with Crippen molar-refractivity contribution in [2.75, 3.05) is 26.2 Å². The van der Waals surface area contributed by atoms with Crippen LogP contribution in [-0.2, 0) is 4.74 Å². The normalized spacial score (nSPS) is 22.6. The van der Waals surface area contributed by atoms with Crippen LogP contribution in [0.4, 0.5) is 5.69 Å². The van der Waals surface area contributed by atoms with E-state index in [-0.39, 0.29) is 35.3 Å². The highest BCUT2D eigenvalue weighted by atomic mass is 16.7. The lowest BCUT2D eigenvalue weighted by atomic mass is 9.97. The van der Waals surface area contributed by atoms with Gasteiger partial charge in [0.1, 0.15) is 10.7 Å². The summed E-state index contributed by atoms with van der Waals surface area (Å²) in [5.41, 5.74) is -0.738. The van der Waals surface area contributed by atoms with E-state index in [4.69, 9.17) is 4.74 Å². The number of hydrogen-bond donors (Lipinski definition) is 0. The Kier molecular flexibility index (Phi) is 5.27. The maximum atomic E-state index is 12.9. The molecule has 11 nitrogen and oxygen atoms in total. The SMILES string of the molecule is CC1(C)CC(CN2CCN(C(=O)c3ccccc3[N+](=O)[O-])C2=N[N+](=O)[O-])CO1. The number of nitro groups is 2. The van der Waals surface area contributed by atoms with Gasteiger partial charge in [0, 0.05) is 31.6 Å². The maximum absolute atomic E-state index is 12.9. The van der Waals surface area contributed by atoms with E-state index in [2.05, 4.69) is 5.10 Å². The summed E-state index contributed by atoms with van der Waals surface area (Å²) in [5, 5.41) is 24.8. The molecule has 0 radical (unpaired) electrons. The first-order valence-corrected chi connectivity index (χ1v) is 8.85. The minimum absolute atomic E-state index is 0.0992. The summed E-state index contributed by atoms with van der Waals surface area (Å²) in [4.78, 5) is 37.3. The van der Waals surface area contributed by atoms with E-state index in [1.54, 1.807) is 4.90 Å². The summed E-state index contributed by atoms with van der Waals surface area (Å²) in [6, 6.07) is 5.53. The average Bonchev–Trinajstić information content (AvgIpc) is 3.17. The molecule has 0 bridgehead atoms. The third kappa shape index (κ3) is 4.09. The second kappa shape index (κ2) is 7.50.